The monoisotopic (exact) mass is 321 g/mol. The first-order valence-corrected chi connectivity index (χ1v) is 7.28. The van der Waals surface area contributed by atoms with Crippen molar-refractivity contribution in [2.45, 2.75) is 13.0 Å². The van der Waals surface area contributed by atoms with E-state index in [0.717, 1.165) is 5.39 Å². The molecule has 8 nitrogen and oxygen atoms in total. The standard InChI is InChI=1S/C16H15N7O/c1-9(17)11-3-2-10(8-14(11)22-23-18)16(24)21-13-5-7-20-15-12(13)4-6-19-15/h2-9H,17H2,1H3,(H2,19,20,21,24)/t9-/m1/s1. The molecule has 120 valence electrons. The number of azide groups is 1. The number of nitrogens with two attached hydrogens (primary N) is 1. The molecule has 24 heavy (non-hydrogen) atoms. The summed E-state index contributed by atoms with van der Waals surface area (Å²) in [6.07, 6.45) is 3.36. The topological polar surface area (TPSA) is 133 Å². The Hall–Kier alpha value is -3.35. The first-order chi connectivity index (χ1) is 11.6. The summed E-state index contributed by atoms with van der Waals surface area (Å²) in [4.78, 5) is 22.5. The van der Waals surface area contributed by atoms with E-state index in [4.69, 9.17) is 11.3 Å². The minimum atomic E-state index is -0.311. The Morgan fingerprint density at radius 2 is 2.25 bits per heavy atom. The molecule has 2 aromatic heterocycles. The van der Waals surface area contributed by atoms with Crippen molar-refractivity contribution < 1.29 is 4.79 Å². The van der Waals surface area contributed by atoms with Crippen LogP contribution in [0, 0.1) is 0 Å². The Bertz CT molecular complexity index is 954. The second kappa shape index (κ2) is 6.41. The van der Waals surface area contributed by atoms with Gasteiger partial charge in [-0.05, 0) is 42.3 Å². The van der Waals surface area contributed by atoms with Crippen LogP contribution in [0.25, 0.3) is 21.5 Å². The van der Waals surface area contributed by atoms with Crippen molar-refractivity contribution in [3.05, 3.63) is 64.3 Å². The van der Waals surface area contributed by atoms with E-state index in [-0.39, 0.29) is 11.9 Å². The highest BCUT2D eigenvalue weighted by Crippen LogP contribution is 2.27. The maximum Gasteiger partial charge on any atom is 0.255 e. The summed E-state index contributed by atoms with van der Waals surface area (Å²) in [7, 11) is 0. The van der Waals surface area contributed by atoms with Gasteiger partial charge in [0.15, 0.2) is 0 Å². The van der Waals surface area contributed by atoms with Crippen LogP contribution in [0.15, 0.2) is 47.8 Å². The van der Waals surface area contributed by atoms with Crippen molar-refractivity contribution >= 4 is 28.3 Å². The molecule has 0 fully saturated rings. The Balaban J connectivity index is 1.94. The predicted molar refractivity (Wildman–Crippen MR) is 91.9 cm³/mol. The fraction of sp³-hybridized carbons (Fsp3) is 0.125. The zero-order valence-electron chi connectivity index (χ0n) is 12.9. The van der Waals surface area contributed by atoms with Crippen molar-refractivity contribution in [3.63, 3.8) is 0 Å². The minimum absolute atomic E-state index is 0.303. The zero-order valence-corrected chi connectivity index (χ0v) is 12.9. The van der Waals surface area contributed by atoms with Crippen molar-refractivity contribution in [2.75, 3.05) is 5.32 Å². The highest BCUT2D eigenvalue weighted by molar-refractivity contribution is 6.08. The molecule has 0 spiro atoms. The van der Waals surface area contributed by atoms with Gasteiger partial charge in [0.25, 0.3) is 5.91 Å². The Labute approximate surface area is 137 Å². The van der Waals surface area contributed by atoms with Gasteiger partial charge in [-0.25, -0.2) is 4.98 Å². The molecule has 0 bridgehead atoms. The number of anilines is 1. The molecule has 0 aliphatic heterocycles. The van der Waals surface area contributed by atoms with E-state index >= 15 is 0 Å². The van der Waals surface area contributed by atoms with E-state index in [1.165, 1.54) is 6.07 Å². The van der Waals surface area contributed by atoms with Gasteiger partial charge in [0.05, 0.1) is 5.69 Å². The third-order valence-electron chi connectivity index (χ3n) is 3.64. The lowest BCUT2D eigenvalue weighted by atomic mass is 10.0. The highest BCUT2D eigenvalue weighted by Gasteiger charge is 2.13. The number of nitrogens with zero attached hydrogens (tertiary/aromatic N) is 4. The number of nitrogens with one attached hydrogen (secondary N) is 2. The third-order valence-corrected chi connectivity index (χ3v) is 3.64. The van der Waals surface area contributed by atoms with E-state index in [2.05, 4.69) is 25.3 Å². The molecule has 0 unspecified atom stereocenters. The average molecular weight is 321 g/mol. The van der Waals surface area contributed by atoms with Crippen molar-refractivity contribution in [3.8, 4) is 0 Å². The Morgan fingerprint density at radius 3 is 3.00 bits per heavy atom. The first-order valence-electron chi connectivity index (χ1n) is 7.28. The van der Waals surface area contributed by atoms with Crippen LogP contribution in [0.1, 0.15) is 28.9 Å². The predicted octanol–water partition coefficient (Wildman–Crippen LogP) is 3.78. The van der Waals surface area contributed by atoms with Gasteiger partial charge in [-0.1, -0.05) is 11.2 Å². The van der Waals surface area contributed by atoms with E-state index in [1.54, 1.807) is 37.5 Å². The molecule has 1 amide bonds. The van der Waals surface area contributed by atoms with Crippen LogP contribution in [0.4, 0.5) is 11.4 Å². The Kier molecular flexibility index (Phi) is 4.15. The molecule has 3 rings (SSSR count). The van der Waals surface area contributed by atoms with E-state index < -0.39 is 0 Å². The summed E-state index contributed by atoms with van der Waals surface area (Å²) < 4.78 is 0. The zero-order chi connectivity index (χ0) is 17.1. The number of hydrogen-bond acceptors (Lipinski definition) is 4. The van der Waals surface area contributed by atoms with Crippen LogP contribution in [-0.4, -0.2) is 15.9 Å². The van der Waals surface area contributed by atoms with Crippen molar-refractivity contribution in [1.29, 1.82) is 0 Å². The maximum absolute atomic E-state index is 12.5. The fourth-order valence-corrected chi connectivity index (χ4v) is 2.47. The van der Waals surface area contributed by atoms with Crippen LogP contribution in [0.2, 0.25) is 0 Å². The molecular weight excluding hydrogens is 306 g/mol. The molecule has 8 heteroatoms. The molecule has 0 radical (unpaired) electrons. The fourth-order valence-electron chi connectivity index (χ4n) is 2.47. The van der Waals surface area contributed by atoms with Gasteiger partial charge in [-0.2, -0.15) is 0 Å². The summed E-state index contributed by atoms with van der Waals surface area (Å²) in [5.74, 6) is -0.311. The van der Waals surface area contributed by atoms with Gasteiger partial charge in [-0.3, -0.25) is 4.79 Å². The van der Waals surface area contributed by atoms with Gasteiger partial charge in [-0.15, -0.1) is 0 Å². The first kappa shape index (κ1) is 15.5. The van der Waals surface area contributed by atoms with Gasteiger partial charge < -0.3 is 16.0 Å². The van der Waals surface area contributed by atoms with E-state index in [9.17, 15) is 4.79 Å². The van der Waals surface area contributed by atoms with Crippen LogP contribution >= 0.6 is 0 Å². The lowest BCUT2D eigenvalue weighted by Crippen LogP contribution is -2.13. The van der Waals surface area contributed by atoms with Gasteiger partial charge in [0.2, 0.25) is 0 Å². The molecule has 4 N–H and O–H groups in total. The Morgan fingerprint density at radius 1 is 1.42 bits per heavy atom. The molecule has 1 atom stereocenters. The molecule has 0 aliphatic carbocycles. The number of rotatable bonds is 4. The minimum Gasteiger partial charge on any atom is -0.346 e. The van der Waals surface area contributed by atoms with Gasteiger partial charge in [0, 0.05) is 40.0 Å². The van der Waals surface area contributed by atoms with E-state index in [1.807, 2.05) is 6.07 Å². The molecule has 0 aliphatic rings. The summed E-state index contributed by atoms with van der Waals surface area (Å²) in [6.45, 7) is 1.78. The smallest absolute Gasteiger partial charge is 0.255 e. The number of amides is 1. The number of carbonyl (C=O) groups excluding carboxylic acids is 1. The molecule has 1 aromatic carbocycles. The van der Waals surface area contributed by atoms with Crippen LogP contribution in [-0.2, 0) is 0 Å². The van der Waals surface area contributed by atoms with Gasteiger partial charge >= 0.3 is 0 Å². The normalized spacial score (nSPS) is 11.8. The summed E-state index contributed by atoms with van der Waals surface area (Å²) in [5.41, 5.74) is 17.3. The van der Waals surface area contributed by atoms with Crippen molar-refractivity contribution in [1.82, 2.24) is 9.97 Å². The average Bonchev–Trinajstić information content (AvgIpc) is 3.04. The number of hydrogen-bond donors (Lipinski definition) is 3. The molecule has 0 saturated carbocycles. The number of aromatic nitrogens is 2. The van der Waals surface area contributed by atoms with Crippen LogP contribution < -0.4 is 11.1 Å². The van der Waals surface area contributed by atoms with Crippen LogP contribution in [0.5, 0.6) is 0 Å². The lowest BCUT2D eigenvalue weighted by molar-refractivity contribution is 0.102. The summed E-state index contributed by atoms with van der Waals surface area (Å²) in [5, 5.41) is 7.28. The summed E-state index contributed by atoms with van der Waals surface area (Å²) >= 11 is 0. The largest absolute Gasteiger partial charge is 0.346 e. The number of benzene rings is 1. The van der Waals surface area contributed by atoms with Crippen LogP contribution in [0.3, 0.4) is 0 Å². The highest BCUT2D eigenvalue weighted by atomic mass is 16.1. The second-order valence-electron chi connectivity index (χ2n) is 5.30. The molecule has 3 aromatic rings. The molecule has 0 saturated heterocycles. The molecular formula is C16H15N7O. The van der Waals surface area contributed by atoms with Crippen molar-refractivity contribution in [2.24, 2.45) is 10.8 Å². The lowest BCUT2D eigenvalue weighted by Gasteiger charge is -2.11. The number of fused-ring (bicyclic) bond motifs is 1. The SMILES string of the molecule is C[C@@H](N)c1ccc(C(=O)Nc2ccnc3[nH]ccc23)cc1N=[N+]=[N-]. The number of pyridine rings is 1. The summed E-state index contributed by atoms with van der Waals surface area (Å²) in [6, 6.07) is 8.13. The quantitative estimate of drug-likeness (QED) is 0.383. The van der Waals surface area contributed by atoms with Gasteiger partial charge in [0.1, 0.15) is 5.65 Å². The number of H-pyrrole nitrogens is 1. The third kappa shape index (κ3) is 2.91. The second-order valence-corrected chi connectivity index (χ2v) is 5.30. The number of aromatic amines is 1. The maximum atomic E-state index is 12.5. The molecule has 2 heterocycles. The van der Waals surface area contributed by atoms with E-state index in [0.29, 0.717) is 28.1 Å². The number of carbonyl (C=O) groups is 1.